The van der Waals surface area contributed by atoms with Crippen molar-refractivity contribution >= 4 is 21.4 Å². The molecule has 0 unspecified atom stereocenters. The molecule has 11 heteroatoms. The molecule has 0 saturated carbocycles. The molecular formula is C17H16F3N3O3S2. The lowest BCUT2D eigenvalue weighted by atomic mass is 10.2. The van der Waals surface area contributed by atoms with Gasteiger partial charge in [0.2, 0.25) is 15.9 Å². The summed E-state index contributed by atoms with van der Waals surface area (Å²) >= 11 is 1.40. The molecule has 6 nitrogen and oxygen atoms in total. The Hall–Kier alpha value is -2.24. The molecule has 1 aromatic carbocycles. The molecule has 0 aliphatic rings. The molecule has 0 amide bonds. The van der Waals surface area contributed by atoms with Crippen molar-refractivity contribution in [1.82, 2.24) is 14.5 Å². The van der Waals surface area contributed by atoms with E-state index in [9.17, 15) is 21.6 Å². The standard InChI is InChI=1S/C17H16F3N3O3S2/c1-2-9-23(11-15-21-22-16(26-15)14-4-3-10-27-14)28(24,25)13-7-5-12(6-8-13)17(18,19)20/h3-8,10H,2,9,11H2,1H3. The molecule has 28 heavy (non-hydrogen) atoms. The summed E-state index contributed by atoms with van der Waals surface area (Å²) in [5.74, 6) is 0.390. The maximum Gasteiger partial charge on any atom is 0.416 e. The summed E-state index contributed by atoms with van der Waals surface area (Å²) in [5, 5.41) is 9.64. The van der Waals surface area contributed by atoms with Crippen molar-refractivity contribution in [3.05, 3.63) is 53.2 Å². The zero-order valence-corrected chi connectivity index (χ0v) is 16.3. The Morgan fingerprint density at radius 1 is 1.14 bits per heavy atom. The number of nitrogens with zero attached hydrogens (tertiary/aromatic N) is 3. The lowest BCUT2D eigenvalue weighted by molar-refractivity contribution is -0.137. The van der Waals surface area contributed by atoms with Gasteiger partial charge in [-0.2, -0.15) is 17.5 Å². The van der Waals surface area contributed by atoms with Gasteiger partial charge in [0.15, 0.2) is 0 Å². The molecule has 150 valence electrons. The average molecular weight is 431 g/mol. The van der Waals surface area contributed by atoms with E-state index in [2.05, 4.69) is 10.2 Å². The summed E-state index contributed by atoms with van der Waals surface area (Å²) in [6.07, 6.45) is -4.03. The van der Waals surface area contributed by atoms with Gasteiger partial charge in [0.05, 0.1) is 21.9 Å². The molecule has 0 spiro atoms. The van der Waals surface area contributed by atoms with Gasteiger partial charge in [-0.3, -0.25) is 0 Å². The molecule has 0 fully saturated rings. The number of benzene rings is 1. The maximum atomic E-state index is 12.9. The Kier molecular flexibility index (Phi) is 5.87. The van der Waals surface area contributed by atoms with Gasteiger partial charge in [-0.25, -0.2) is 8.42 Å². The van der Waals surface area contributed by atoms with Gasteiger partial charge >= 0.3 is 6.18 Å². The molecule has 0 aliphatic carbocycles. The van der Waals surface area contributed by atoms with Gasteiger partial charge in [-0.05, 0) is 42.1 Å². The van der Waals surface area contributed by atoms with Gasteiger partial charge < -0.3 is 4.42 Å². The van der Waals surface area contributed by atoms with E-state index in [1.54, 1.807) is 13.0 Å². The Morgan fingerprint density at radius 2 is 1.86 bits per heavy atom. The highest BCUT2D eigenvalue weighted by Crippen LogP contribution is 2.30. The fraction of sp³-hybridized carbons (Fsp3) is 0.294. The van der Waals surface area contributed by atoms with Crippen LogP contribution >= 0.6 is 11.3 Å². The van der Waals surface area contributed by atoms with E-state index in [0.29, 0.717) is 6.42 Å². The van der Waals surface area contributed by atoms with Crippen LogP contribution in [0.15, 0.2) is 51.1 Å². The third-order valence-corrected chi connectivity index (χ3v) is 6.52. The van der Waals surface area contributed by atoms with Crippen LogP contribution in [0, 0.1) is 0 Å². The number of hydrogen-bond donors (Lipinski definition) is 0. The Labute approximate surface area is 163 Å². The van der Waals surface area contributed by atoms with Gasteiger partial charge in [0, 0.05) is 6.54 Å². The summed E-state index contributed by atoms with van der Waals surface area (Å²) in [4.78, 5) is 0.526. The monoisotopic (exact) mass is 431 g/mol. The van der Waals surface area contributed by atoms with Crippen LogP contribution < -0.4 is 0 Å². The predicted octanol–water partition coefficient (Wildman–Crippen LogP) is 4.42. The second-order valence-corrected chi connectivity index (χ2v) is 8.72. The van der Waals surface area contributed by atoms with E-state index in [1.165, 1.54) is 11.3 Å². The predicted molar refractivity (Wildman–Crippen MR) is 96.9 cm³/mol. The molecule has 0 saturated heterocycles. The molecule has 0 radical (unpaired) electrons. The third kappa shape index (κ3) is 4.42. The first-order valence-electron chi connectivity index (χ1n) is 8.25. The molecular weight excluding hydrogens is 415 g/mol. The van der Waals surface area contributed by atoms with Crippen molar-refractivity contribution in [3.63, 3.8) is 0 Å². The van der Waals surface area contributed by atoms with Crippen LogP contribution in [-0.4, -0.2) is 29.5 Å². The van der Waals surface area contributed by atoms with Gasteiger partial charge in [-0.1, -0.05) is 13.0 Å². The minimum Gasteiger partial charge on any atom is -0.418 e. The van der Waals surface area contributed by atoms with Crippen molar-refractivity contribution in [2.75, 3.05) is 6.54 Å². The number of rotatable bonds is 7. The fourth-order valence-corrected chi connectivity index (χ4v) is 4.59. The maximum absolute atomic E-state index is 12.9. The highest BCUT2D eigenvalue weighted by atomic mass is 32.2. The summed E-state index contributed by atoms with van der Waals surface area (Å²) in [6.45, 7) is 1.77. The van der Waals surface area contributed by atoms with Crippen molar-refractivity contribution in [2.24, 2.45) is 0 Å². The number of thiophene rings is 1. The summed E-state index contributed by atoms with van der Waals surface area (Å²) < 4.78 is 70.6. The smallest absolute Gasteiger partial charge is 0.416 e. The first-order valence-corrected chi connectivity index (χ1v) is 10.6. The lowest BCUT2D eigenvalue weighted by Crippen LogP contribution is -2.31. The number of hydrogen-bond acceptors (Lipinski definition) is 6. The largest absolute Gasteiger partial charge is 0.418 e. The molecule has 0 N–H and O–H groups in total. The van der Waals surface area contributed by atoms with E-state index in [-0.39, 0.29) is 29.8 Å². The molecule has 3 aromatic rings. The first kappa shape index (κ1) is 20.5. The van der Waals surface area contributed by atoms with Gasteiger partial charge in [0.25, 0.3) is 5.89 Å². The summed E-state index contributed by atoms with van der Waals surface area (Å²) in [5.41, 5.74) is -0.911. The topological polar surface area (TPSA) is 76.3 Å². The molecule has 0 bridgehead atoms. The average Bonchev–Trinajstić information content (AvgIpc) is 3.32. The summed E-state index contributed by atoms with van der Waals surface area (Å²) in [6, 6.07) is 7.02. The quantitative estimate of drug-likeness (QED) is 0.554. The van der Waals surface area contributed by atoms with E-state index in [4.69, 9.17) is 4.42 Å². The minimum atomic E-state index is -4.53. The third-order valence-electron chi connectivity index (χ3n) is 3.80. The highest BCUT2D eigenvalue weighted by Gasteiger charge is 2.32. The second kappa shape index (κ2) is 8.02. The van der Waals surface area contributed by atoms with E-state index in [0.717, 1.165) is 33.4 Å². The van der Waals surface area contributed by atoms with Crippen molar-refractivity contribution in [1.29, 1.82) is 0 Å². The Morgan fingerprint density at radius 3 is 2.43 bits per heavy atom. The number of aromatic nitrogens is 2. The molecule has 3 rings (SSSR count). The fourth-order valence-electron chi connectivity index (χ4n) is 2.47. The molecule has 2 heterocycles. The number of alkyl halides is 3. The zero-order chi connectivity index (χ0) is 20.4. The van der Waals surface area contributed by atoms with Crippen LogP contribution in [-0.2, 0) is 22.7 Å². The van der Waals surface area contributed by atoms with Crippen LogP contribution in [0.3, 0.4) is 0 Å². The van der Waals surface area contributed by atoms with Crippen molar-refractivity contribution in [2.45, 2.75) is 31.0 Å². The highest BCUT2D eigenvalue weighted by molar-refractivity contribution is 7.89. The Bertz CT molecular complexity index is 1010. The molecule has 2 aromatic heterocycles. The molecule has 0 aliphatic heterocycles. The second-order valence-electron chi connectivity index (χ2n) is 5.84. The van der Waals surface area contributed by atoms with E-state index < -0.39 is 21.8 Å². The van der Waals surface area contributed by atoms with Gasteiger partial charge in [-0.15, -0.1) is 21.5 Å². The van der Waals surface area contributed by atoms with Crippen LogP contribution in [0.2, 0.25) is 0 Å². The first-order chi connectivity index (χ1) is 13.2. The molecule has 0 atom stereocenters. The van der Waals surface area contributed by atoms with Crippen LogP contribution in [0.25, 0.3) is 10.8 Å². The SMILES string of the molecule is CCCN(Cc1nnc(-c2cccs2)o1)S(=O)(=O)c1ccc(C(F)(F)F)cc1. The van der Waals surface area contributed by atoms with Crippen LogP contribution in [0.1, 0.15) is 24.8 Å². The van der Waals surface area contributed by atoms with Crippen molar-refractivity contribution < 1.29 is 26.0 Å². The van der Waals surface area contributed by atoms with E-state index >= 15 is 0 Å². The number of halogens is 3. The van der Waals surface area contributed by atoms with E-state index in [1.807, 2.05) is 11.4 Å². The number of sulfonamides is 1. The van der Waals surface area contributed by atoms with Crippen LogP contribution in [0.5, 0.6) is 0 Å². The van der Waals surface area contributed by atoms with Gasteiger partial charge in [0.1, 0.15) is 0 Å². The Balaban J connectivity index is 1.84. The zero-order valence-electron chi connectivity index (χ0n) is 14.7. The van der Waals surface area contributed by atoms with Crippen molar-refractivity contribution in [3.8, 4) is 10.8 Å². The van der Waals surface area contributed by atoms with Crippen LogP contribution in [0.4, 0.5) is 13.2 Å². The summed E-state index contributed by atoms with van der Waals surface area (Å²) in [7, 11) is -4.03. The lowest BCUT2D eigenvalue weighted by Gasteiger charge is -2.20. The normalized spacial score (nSPS) is 12.6. The minimum absolute atomic E-state index is 0.104.